The van der Waals surface area contributed by atoms with E-state index in [-0.39, 0.29) is 43.7 Å². The number of Topliss-reactive ketones (excluding diaryl/α,β-unsaturated/α-hetero) is 1. The van der Waals surface area contributed by atoms with Crippen molar-refractivity contribution in [3.05, 3.63) is 35.9 Å². The molecule has 1 saturated carbocycles. The van der Waals surface area contributed by atoms with Crippen LogP contribution in [-0.4, -0.2) is 115 Å². The Morgan fingerprint density at radius 2 is 1.58 bits per heavy atom. The highest BCUT2D eigenvalue weighted by atomic mass is 16.5. The van der Waals surface area contributed by atoms with Crippen molar-refractivity contribution in [2.75, 3.05) is 33.8 Å². The van der Waals surface area contributed by atoms with Crippen molar-refractivity contribution in [2.45, 2.75) is 129 Å². The van der Waals surface area contributed by atoms with Crippen molar-refractivity contribution in [3.63, 3.8) is 0 Å². The second-order valence-electron chi connectivity index (χ2n) is 16.1. The van der Waals surface area contributed by atoms with Crippen LogP contribution in [-0.2, 0) is 38.2 Å². The Kier molecular flexibility index (Phi) is 17.1. The van der Waals surface area contributed by atoms with Gasteiger partial charge >= 0.3 is 6.09 Å². The van der Waals surface area contributed by atoms with Crippen LogP contribution in [0.3, 0.4) is 0 Å². The Hall–Kier alpha value is -4.53. The highest BCUT2D eigenvalue weighted by molar-refractivity contribution is 6.38. The summed E-state index contributed by atoms with van der Waals surface area (Å²) in [7, 11) is 3.12. The Labute approximate surface area is 325 Å². The van der Waals surface area contributed by atoms with E-state index < -0.39 is 77.9 Å². The molecule has 4 N–H and O–H groups in total. The lowest BCUT2D eigenvalue weighted by atomic mass is 9.83. The summed E-state index contributed by atoms with van der Waals surface area (Å²) in [6, 6.07) is 4.39. The Morgan fingerprint density at radius 1 is 0.927 bits per heavy atom. The lowest BCUT2D eigenvalue weighted by molar-refractivity contribution is -0.143. The number of benzene rings is 1. The number of alkyl carbamates (subject to hydrolysis) is 1. The zero-order chi connectivity index (χ0) is 40.9. The number of likely N-dealkylation sites (N-methyl/N-ethyl adjacent to an activating group) is 1. The van der Waals surface area contributed by atoms with E-state index in [0.29, 0.717) is 12.0 Å². The number of hydrogen-bond donors (Lipinski definition) is 4. The van der Waals surface area contributed by atoms with Crippen molar-refractivity contribution < 1.29 is 43.0 Å². The molecule has 15 heteroatoms. The van der Waals surface area contributed by atoms with Crippen molar-refractivity contribution in [1.29, 1.82) is 0 Å². The topological polar surface area (TPSA) is 193 Å². The first-order chi connectivity index (χ1) is 25.9. The number of carbonyl (C=O) groups excluding carboxylic acids is 7. The number of rotatable bonds is 17. The van der Waals surface area contributed by atoms with Crippen LogP contribution >= 0.6 is 0 Å². The third kappa shape index (κ3) is 13.9. The molecule has 1 aliphatic carbocycles. The van der Waals surface area contributed by atoms with E-state index in [1.807, 2.05) is 34.6 Å². The summed E-state index contributed by atoms with van der Waals surface area (Å²) in [6.45, 7) is 10.9. The number of amides is 6. The lowest BCUT2D eigenvalue weighted by Crippen LogP contribution is -2.58. The Bertz CT molecular complexity index is 1490. The molecule has 1 aromatic rings. The summed E-state index contributed by atoms with van der Waals surface area (Å²) >= 11 is 0. The van der Waals surface area contributed by atoms with Gasteiger partial charge in [-0.2, -0.15) is 0 Å². The molecule has 5 atom stereocenters. The molecule has 1 heterocycles. The number of likely N-dealkylation sites (tertiary alicyclic amines) is 1. The minimum atomic E-state index is -1.24. The number of nitrogens with zero attached hydrogens (tertiary/aromatic N) is 2. The van der Waals surface area contributed by atoms with E-state index in [9.17, 15) is 33.6 Å². The molecule has 15 nitrogen and oxygen atoms in total. The van der Waals surface area contributed by atoms with E-state index in [0.717, 1.165) is 32.1 Å². The van der Waals surface area contributed by atoms with Crippen molar-refractivity contribution >= 4 is 41.4 Å². The Morgan fingerprint density at radius 3 is 2.16 bits per heavy atom. The third-order valence-electron chi connectivity index (χ3n) is 9.55. The summed E-state index contributed by atoms with van der Waals surface area (Å²) in [6.07, 6.45) is 3.78. The van der Waals surface area contributed by atoms with Gasteiger partial charge in [0.15, 0.2) is 0 Å². The Balaban J connectivity index is 1.76. The maximum atomic E-state index is 14.4. The number of nitrogens with one attached hydrogen (secondary N) is 4. The van der Waals surface area contributed by atoms with Crippen LogP contribution in [0.5, 0.6) is 0 Å². The number of ketones is 1. The number of carbonyl (C=O) groups is 7. The van der Waals surface area contributed by atoms with Gasteiger partial charge in [-0.15, -0.1) is 0 Å². The van der Waals surface area contributed by atoms with E-state index in [2.05, 4.69) is 21.3 Å². The van der Waals surface area contributed by atoms with Crippen LogP contribution in [0.15, 0.2) is 30.3 Å². The molecule has 1 aliphatic heterocycles. The maximum absolute atomic E-state index is 14.4. The molecule has 3 rings (SSSR count). The van der Waals surface area contributed by atoms with Crippen LogP contribution in [0, 0.1) is 11.8 Å². The van der Waals surface area contributed by atoms with Crippen LogP contribution < -0.4 is 21.3 Å². The first kappa shape index (κ1) is 44.9. The number of hydrogen-bond acceptors (Lipinski definition) is 9. The van der Waals surface area contributed by atoms with Gasteiger partial charge in [-0.05, 0) is 57.4 Å². The van der Waals surface area contributed by atoms with Gasteiger partial charge in [0.2, 0.25) is 29.4 Å². The van der Waals surface area contributed by atoms with Gasteiger partial charge in [-0.25, -0.2) is 4.79 Å². The predicted molar refractivity (Wildman–Crippen MR) is 205 cm³/mol. The highest BCUT2D eigenvalue weighted by Gasteiger charge is 2.46. The zero-order valence-electron chi connectivity index (χ0n) is 33.8. The molecule has 1 aromatic carbocycles. The van der Waals surface area contributed by atoms with Crippen LogP contribution in [0.4, 0.5) is 4.79 Å². The smallest absolute Gasteiger partial charge is 0.407 e. The standard InChI is InChI=1S/C40H62N6O9/c1-9-16-29(34(48)36(50)41-22-31(47)43-32(37(51)45(7)8)26-17-12-10-13-18-26)42-35(49)30-21-28(55-40(4,5)6)23-46(30)38(52)33(27-19-14-11-15-20-27)44-39(53)54-24-25(2)3/h10,12-13,17-18,25,27-30,32-33H,9,11,14-16,19-24H2,1-8H3,(H,41,50)(H,42,49)(H,43,47)(H,44,53)/t28-,29?,30+,32+,33?/m1/s1. The largest absolute Gasteiger partial charge is 0.449 e. The van der Waals surface area contributed by atoms with Crippen LogP contribution in [0.2, 0.25) is 0 Å². The third-order valence-corrected chi connectivity index (χ3v) is 9.55. The molecule has 2 fully saturated rings. The molecule has 306 valence electrons. The molecule has 1 saturated heterocycles. The fourth-order valence-electron chi connectivity index (χ4n) is 6.95. The van der Waals surface area contributed by atoms with Gasteiger partial charge in [0.25, 0.3) is 5.91 Å². The van der Waals surface area contributed by atoms with Crippen molar-refractivity contribution in [2.24, 2.45) is 11.8 Å². The van der Waals surface area contributed by atoms with E-state index in [4.69, 9.17) is 9.47 Å². The average molecular weight is 771 g/mol. The summed E-state index contributed by atoms with van der Waals surface area (Å²) < 4.78 is 11.6. The zero-order valence-corrected chi connectivity index (χ0v) is 33.8. The molecule has 0 aromatic heterocycles. The van der Waals surface area contributed by atoms with Crippen LogP contribution in [0.25, 0.3) is 0 Å². The van der Waals surface area contributed by atoms with Gasteiger partial charge in [0, 0.05) is 27.1 Å². The van der Waals surface area contributed by atoms with E-state index >= 15 is 0 Å². The van der Waals surface area contributed by atoms with Gasteiger partial charge < -0.3 is 40.5 Å². The summed E-state index contributed by atoms with van der Waals surface area (Å²) in [5.41, 5.74) is -0.0394. The lowest BCUT2D eigenvalue weighted by Gasteiger charge is -2.34. The molecular formula is C40H62N6O9. The van der Waals surface area contributed by atoms with E-state index in [1.165, 1.54) is 9.80 Å². The summed E-state index contributed by atoms with van der Waals surface area (Å²) in [5.74, 6) is -4.24. The molecule has 0 bridgehead atoms. The SMILES string of the molecule is CCCC(NC(=O)[C@@H]1C[C@@H](OC(C)(C)C)CN1C(=O)C(NC(=O)OCC(C)C)C1CCCCC1)C(=O)C(=O)NCC(=O)N[C@H](C(=O)N(C)C)c1ccccc1. The first-order valence-corrected chi connectivity index (χ1v) is 19.5. The number of ether oxygens (including phenoxy) is 2. The minimum Gasteiger partial charge on any atom is -0.449 e. The van der Waals surface area contributed by atoms with Gasteiger partial charge in [-0.1, -0.05) is 76.8 Å². The molecule has 55 heavy (non-hydrogen) atoms. The average Bonchev–Trinajstić information content (AvgIpc) is 3.56. The van der Waals surface area contributed by atoms with Gasteiger partial charge in [-0.3, -0.25) is 28.8 Å². The summed E-state index contributed by atoms with van der Waals surface area (Å²) in [4.78, 5) is 96.4. The predicted octanol–water partition coefficient (Wildman–Crippen LogP) is 3.02. The fraction of sp³-hybridized carbons (Fsp3) is 0.675. The second kappa shape index (κ2) is 21.0. The molecular weight excluding hydrogens is 708 g/mol. The van der Waals surface area contributed by atoms with E-state index in [1.54, 1.807) is 51.4 Å². The molecule has 2 unspecified atom stereocenters. The molecule has 2 aliphatic rings. The maximum Gasteiger partial charge on any atom is 0.407 e. The summed E-state index contributed by atoms with van der Waals surface area (Å²) in [5, 5.41) is 10.5. The normalized spacial score (nSPS) is 19.1. The van der Waals surface area contributed by atoms with Crippen molar-refractivity contribution in [3.8, 4) is 0 Å². The van der Waals surface area contributed by atoms with Crippen LogP contribution in [0.1, 0.15) is 105 Å². The first-order valence-electron chi connectivity index (χ1n) is 19.5. The fourth-order valence-corrected chi connectivity index (χ4v) is 6.95. The molecule has 6 amide bonds. The second-order valence-corrected chi connectivity index (χ2v) is 16.1. The van der Waals surface area contributed by atoms with Crippen molar-refractivity contribution in [1.82, 2.24) is 31.1 Å². The minimum absolute atomic E-state index is 0.0857. The van der Waals surface area contributed by atoms with Gasteiger partial charge in [0.1, 0.15) is 18.1 Å². The monoisotopic (exact) mass is 770 g/mol. The molecule has 0 radical (unpaired) electrons. The quantitative estimate of drug-likeness (QED) is 0.173. The highest BCUT2D eigenvalue weighted by Crippen LogP contribution is 2.31. The van der Waals surface area contributed by atoms with Gasteiger partial charge in [0.05, 0.1) is 30.9 Å². The molecule has 0 spiro atoms.